The molecule has 0 aliphatic carbocycles. The van der Waals surface area contributed by atoms with Crippen LogP contribution in [0.5, 0.6) is 5.75 Å². The fraction of sp³-hybridized carbons (Fsp3) is 0.300. The molecule has 0 spiro atoms. The number of nitrogens with one attached hydrogen (secondary N) is 1. The number of hydrogen-bond acceptors (Lipinski definition) is 7. The molecule has 10 nitrogen and oxygen atoms in total. The van der Waals surface area contributed by atoms with E-state index < -0.39 is 12.8 Å². The van der Waals surface area contributed by atoms with Crippen LogP contribution in [0, 0.1) is 6.92 Å². The molecule has 2 aromatic heterocycles. The summed E-state index contributed by atoms with van der Waals surface area (Å²) in [6, 6.07) is 17.2. The summed E-state index contributed by atoms with van der Waals surface area (Å²) in [5.41, 5.74) is 3.58. The first-order valence-corrected chi connectivity index (χ1v) is 14.6. The monoisotopic (exact) mass is 671 g/mol. The standard InChI is InChI=1S/C30H29BrF3N7O3/c1-20-27(29(43)40-14-12-39(13-15-40)17-21-2-9-25(10-3-21)44-19-30(32,33)34)37-38-41(20)18-22-4-11-26(35-16-22)28(42)36-24-7-5-23(31)6-8-24/h2-11,16H,12-15,17-19H2,1H3,(H,36,42). The zero-order valence-electron chi connectivity index (χ0n) is 23.7. The van der Waals surface area contributed by atoms with Crippen LogP contribution in [0.4, 0.5) is 18.9 Å². The van der Waals surface area contributed by atoms with Crippen molar-refractivity contribution in [2.24, 2.45) is 0 Å². The maximum Gasteiger partial charge on any atom is 0.422 e. The van der Waals surface area contributed by atoms with Crippen LogP contribution in [0.1, 0.15) is 37.8 Å². The molecule has 3 heterocycles. The van der Waals surface area contributed by atoms with Gasteiger partial charge in [0.05, 0.1) is 12.2 Å². The van der Waals surface area contributed by atoms with Gasteiger partial charge in [-0.2, -0.15) is 13.2 Å². The van der Waals surface area contributed by atoms with Gasteiger partial charge in [0.1, 0.15) is 11.4 Å². The fourth-order valence-corrected chi connectivity index (χ4v) is 4.90. The van der Waals surface area contributed by atoms with Gasteiger partial charge in [-0.25, -0.2) is 4.68 Å². The topological polar surface area (TPSA) is 105 Å². The number of nitrogens with zero attached hydrogens (tertiary/aromatic N) is 6. The third-order valence-electron chi connectivity index (χ3n) is 7.07. The molecule has 0 bridgehead atoms. The Morgan fingerprint density at radius 2 is 1.61 bits per heavy atom. The predicted molar refractivity (Wildman–Crippen MR) is 159 cm³/mol. The molecule has 44 heavy (non-hydrogen) atoms. The minimum Gasteiger partial charge on any atom is -0.484 e. The first-order chi connectivity index (χ1) is 21.0. The minimum atomic E-state index is -4.38. The number of anilines is 1. The van der Waals surface area contributed by atoms with Crippen LogP contribution in [-0.2, 0) is 13.1 Å². The lowest BCUT2D eigenvalue weighted by atomic mass is 10.2. The maximum absolute atomic E-state index is 13.2. The number of alkyl halides is 3. The van der Waals surface area contributed by atoms with Gasteiger partial charge >= 0.3 is 6.18 Å². The number of aromatic nitrogens is 4. The van der Waals surface area contributed by atoms with Crippen LogP contribution >= 0.6 is 15.9 Å². The van der Waals surface area contributed by atoms with Crippen molar-refractivity contribution in [3.63, 3.8) is 0 Å². The molecule has 1 saturated heterocycles. The van der Waals surface area contributed by atoms with Crippen LogP contribution in [-0.4, -0.2) is 80.6 Å². The van der Waals surface area contributed by atoms with E-state index in [1.54, 1.807) is 59.1 Å². The number of halogens is 4. The number of hydrogen-bond donors (Lipinski definition) is 1. The number of benzene rings is 2. The highest BCUT2D eigenvalue weighted by Crippen LogP contribution is 2.20. The van der Waals surface area contributed by atoms with Crippen molar-refractivity contribution in [3.05, 3.63) is 99.5 Å². The number of ether oxygens (including phenoxy) is 1. The Balaban J connectivity index is 1.11. The van der Waals surface area contributed by atoms with Gasteiger partial charge in [0.25, 0.3) is 11.8 Å². The average molecular weight is 673 g/mol. The van der Waals surface area contributed by atoms with Crippen LogP contribution in [0.3, 0.4) is 0 Å². The number of amides is 2. The average Bonchev–Trinajstić information content (AvgIpc) is 3.37. The normalized spacial score (nSPS) is 14.0. The molecule has 230 valence electrons. The Kier molecular flexibility index (Phi) is 9.59. The number of rotatable bonds is 9. The highest BCUT2D eigenvalue weighted by molar-refractivity contribution is 9.10. The molecule has 1 aliphatic rings. The predicted octanol–water partition coefficient (Wildman–Crippen LogP) is 4.94. The molecule has 0 unspecified atom stereocenters. The molecule has 1 fully saturated rings. The molecule has 0 saturated carbocycles. The van der Waals surface area contributed by atoms with Crippen molar-refractivity contribution >= 4 is 33.4 Å². The van der Waals surface area contributed by atoms with E-state index in [1.165, 1.54) is 12.1 Å². The van der Waals surface area contributed by atoms with Gasteiger partial charge in [-0.15, -0.1) is 5.10 Å². The quantitative estimate of drug-likeness (QED) is 0.269. The van der Waals surface area contributed by atoms with Crippen molar-refractivity contribution in [2.45, 2.75) is 26.2 Å². The number of piperazine rings is 1. The highest BCUT2D eigenvalue weighted by Gasteiger charge is 2.29. The molecule has 1 N–H and O–H groups in total. The molecule has 2 amide bonds. The van der Waals surface area contributed by atoms with E-state index in [9.17, 15) is 22.8 Å². The first kappa shape index (κ1) is 31.1. The van der Waals surface area contributed by atoms with Crippen LogP contribution in [0.25, 0.3) is 0 Å². The van der Waals surface area contributed by atoms with Crippen molar-refractivity contribution < 1.29 is 27.5 Å². The van der Waals surface area contributed by atoms with Gasteiger partial charge in [-0.1, -0.05) is 39.3 Å². The van der Waals surface area contributed by atoms with E-state index in [2.05, 4.69) is 41.4 Å². The lowest BCUT2D eigenvalue weighted by molar-refractivity contribution is -0.153. The van der Waals surface area contributed by atoms with Crippen molar-refractivity contribution in [2.75, 3.05) is 38.1 Å². The minimum absolute atomic E-state index is 0.165. The van der Waals surface area contributed by atoms with Crippen LogP contribution in [0.2, 0.25) is 0 Å². The van der Waals surface area contributed by atoms with Gasteiger partial charge in [0.2, 0.25) is 0 Å². The highest BCUT2D eigenvalue weighted by atomic mass is 79.9. The second-order valence-corrected chi connectivity index (χ2v) is 11.2. The number of pyridine rings is 1. The van der Waals surface area contributed by atoms with Crippen molar-refractivity contribution in [3.8, 4) is 5.75 Å². The van der Waals surface area contributed by atoms with E-state index >= 15 is 0 Å². The van der Waals surface area contributed by atoms with Gasteiger partial charge in [0.15, 0.2) is 12.3 Å². The van der Waals surface area contributed by atoms with Crippen LogP contribution < -0.4 is 10.1 Å². The molecule has 14 heteroatoms. The zero-order valence-corrected chi connectivity index (χ0v) is 25.3. The Morgan fingerprint density at radius 1 is 0.932 bits per heavy atom. The maximum atomic E-state index is 13.2. The summed E-state index contributed by atoms with van der Waals surface area (Å²) in [5.74, 6) is -0.355. The largest absolute Gasteiger partial charge is 0.484 e. The molecular formula is C30H29BrF3N7O3. The third-order valence-corrected chi connectivity index (χ3v) is 7.60. The summed E-state index contributed by atoms with van der Waals surface area (Å²) in [5, 5.41) is 11.1. The molecule has 1 aliphatic heterocycles. The second-order valence-electron chi connectivity index (χ2n) is 10.3. The third kappa shape index (κ3) is 8.20. The molecular weight excluding hydrogens is 643 g/mol. The van der Waals surface area contributed by atoms with E-state index in [4.69, 9.17) is 4.74 Å². The Bertz CT molecular complexity index is 1590. The lowest BCUT2D eigenvalue weighted by Crippen LogP contribution is -2.48. The molecule has 4 aromatic rings. The summed E-state index contributed by atoms with van der Waals surface area (Å²) < 4.78 is 44.4. The van der Waals surface area contributed by atoms with E-state index in [1.807, 2.05) is 12.1 Å². The van der Waals surface area contributed by atoms with Crippen LogP contribution in [0.15, 0.2) is 71.3 Å². The molecule has 0 radical (unpaired) electrons. The summed E-state index contributed by atoms with van der Waals surface area (Å²) in [7, 11) is 0. The van der Waals surface area contributed by atoms with Gasteiger partial charge in [0, 0.05) is 49.1 Å². The Hall–Kier alpha value is -4.30. The second kappa shape index (κ2) is 13.6. The fourth-order valence-electron chi connectivity index (χ4n) is 4.64. The SMILES string of the molecule is Cc1c(C(=O)N2CCN(Cc3ccc(OCC(F)(F)F)cc3)CC2)nnn1Cc1ccc(C(=O)Nc2ccc(Br)cc2)nc1. The van der Waals surface area contributed by atoms with E-state index in [0.29, 0.717) is 50.6 Å². The smallest absolute Gasteiger partial charge is 0.422 e. The number of carbonyl (C=O) groups excluding carboxylic acids is 2. The van der Waals surface area contributed by atoms with Crippen molar-refractivity contribution in [1.29, 1.82) is 0 Å². The summed E-state index contributed by atoms with van der Waals surface area (Å²) >= 11 is 3.36. The summed E-state index contributed by atoms with van der Waals surface area (Å²) in [6.07, 6.45) is -2.78. The van der Waals surface area contributed by atoms with Gasteiger partial charge in [-0.3, -0.25) is 19.5 Å². The molecule has 0 atom stereocenters. The van der Waals surface area contributed by atoms with E-state index in [0.717, 1.165) is 15.6 Å². The zero-order chi connectivity index (χ0) is 31.3. The lowest BCUT2D eigenvalue weighted by Gasteiger charge is -2.34. The first-order valence-electron chi connectivity index (χ1n) is 13.8. The van der Waals surface area contributed by atoms with Crippen molar-refractivity contribution in [1.82, 2.24) is 29.8 Å². The van der Waals surface area contributed by atoms with Gasteiger partial charge < -0.3 is 15.0 Å². The molecule has 5 rings (SSSR count). The van der Waals surface area contributed by atoms with Gasteiger partial charge in [-0.05, 0) is 60.5 Å². The molecule has 2 aromatic carbocycles. The van der Waals surface area contributed by atoms with E-state index in [-0.39, 0.29) is 29.0 Å². The Morgan fingerprint density at radius 3 is 2.25 bits per heavy atom. The summed E-state index contributed by atoms with van der Waals surface area (Å²) in [6.45, 7) is 3.69. The summed E-state index contributed by atoms with van der Waals surface area (Å²) in [4.78, 5) is 34.0. The number of carbonyl (C=O) groups is 2. The Labute approximate surface area is 259 Å².